The number of hydrogen-bond donors (Lipinski definition) is 0. The van der Waals surface area contributed by atoms with E-state index >= 15 is 0 Å². The summed E-state index contributed by atoms with van der Waals surface area (Å²) >= 11 is 1.63. The molecule has 3 rings (SSSR count). The van der Waals surface area contributed by atoms with Crippen molar-refractivity contribution in [3.63, 3.8) is 0 Å². The average Bonchev–Trinajstić information content (AvgIpc) is 3.12. The van der Waals surface area contributed by atoms with Crippen molar-refractivity contribution in [1.82, 2.24) is 4.98 Å². The Bertz CT molecular complexity index is 840. The molecule has 0 aliphatic heterocycles. The van der Waals surface area contributed by atoms with Crippen molar-refractivity contribution < 1.29 is 9.47 Å². The van der Waals surface area contributed by atoms with Gasteiger partial charge in [0.15, 0.2) is 11.5 Å². The summed E-state index contributed by atoms with van der Waals surface area (Å²) in [6.07, 6.45) is 4.11. The number of ether oxygens (including phenoxy) is 2. The number of aromatic nitrogens is 1. The fourth-order valence-electron chi connectivity index (χ4n) is 2.43. The quantitative estimate of drug-likeness (QED) is 0.541. The highest BCUT2D eigenvalue weighted by molar-refractivity contribution is 7.13. The minimum absolute atomic E-state index is 0.604. The predicted molar refractivity (Wildman–Crippen MR) is 105 cm³/mol. The van der Waals surface area contributed by atoms with E-state index in [4.69, 9.17) is 14.5 Å². The standard InChI is InChI=1S/C21H21NO2S/c1-3-23-19-13-11-17(14-20(19)24-4-2)21-22-18(15-25-21)12-10-16-8-6-5-7-9-16/h5-15H,3-4H2,1-2H3/b12-10+. The summed E-state index contributed by atoms with van der Waals surface area (Å²) in [5.74, 6) is 1.53. The number of hydrogen-bond acceptors (Lipinski definition) is 4. The van der Waals surface area contributed by atoms with E-state index in [0.717, 1.165) is 33.3 Å². The molecular weight excluding hydrogens is 330 g/mol. The highest BCUT2D eigenvalue weighted by Crippen LogP contribution is 2.34. The van der Waals surface area contributed by atoms with Gasteiger partial charge in [-0.25, -0.2) is 4.98 Å². The summed E-state index contributed by atoms with van der Waals surface area (Å²) in [5, 5.41) is 3.03. The number of benzene rings is 2. The lowest BCUT2D eigenvalue weighted by atomic mass is 10.2. The van der Waals surface area contributed by atoms with Crippen molar-refractivity contribution in [3.05, 3.63) is 65.2 Å². The van der Waals surface area contributed by atoms with Gasteiger partial charge in [-0.05, 0) is 43.7 Å². The second-order valence-corrected chi connectivity index (χ2v) is 6.21. The average molecular weight is 351 g/mol. The van der Waals surface area contributed by atoms with Gasteiger partial charge in [0.25, 0.3) is 0 Å². The molecule has 0 fully saturated rings. The number of nitrogens with zero attached hydrogens (tertiary/aromatic N) is 1. The normalized spacial score (nSPS) is 11.0. The van der Waals surface area contributed by atoms with Crippen LogP contribution in [0.4, 0.5) is 0 Å². The van der Waals surface area contributed by atoms with E-state index in [1.807, 2.05) is 56.3 Å². The maximum atomic E-state index is 5.70. The zero-order valence-electron chi connectivity index (χ0n) is 14.4. The molecule has 0 aliphatic carbocycles. The van der Waals surface area contributed by atoms with Gasteiger partial charge >= 0.3 is 0 Å². The Morgan fingerprint density at radius 1 is 0.920 bits per heavy atom. The Morgan fingerprint density at radius 3 is 2.44 bits per heavy atom. The molecule has 0 bridgehead atoms. The zero-order valence-corrected chi connectivity index (χ0v) is 15.3. The maximum Gasteiger partial charge on any atom is 0.161 e. The van der Waals surface area contributed by atoms with E-state index in [1.165, 1.54) is 0 Å². The van der Waals surface area contributed by atoms with Crippen LogP contribution in [0, 0.1) is 0 Å². The molecule has 1 heterocycles. The summed E-state index contributed by atoms with van der Waals surface area (Å²) < 4.78 is 11.3. The predicted octanol–water partition coefficient (Wildman–Crippen LogP) is 5.78. The number of rotatable bonds is 7. The van der Waals surface area contributed by atoms with E-state index in [2.05, 4.69) is 23.6 Å². The first kappa shape index (κ1) is 17.2. The fraction of sp³-hybridized carbons (Fsp3) is 0.190. The fourth-order valence-corrected chi connectivity index (χ4v) is 3.21. The van der Waals surface area contributed by atoms with Gasteiger partial charge in [0.2, 0.25) is 0 Å². The Morgan fingerprint density at radius 2 is 1.68 bits per heavy atom. The number of thiazole rings is 1. The lowest BCUT2D eigenvalue weighted by molar-refractivity contribution is 0.288. The molecular formula is C21H21NO2S. The van der Waals surface area contributed by atoms with Crippen molar-refractivity contribution in [3.8, 4) is 22.1 Å². The van der Waals surface area contributed by atoms with Crippen molar-refractivity contribution in [2.45, 2.75) is 13.8 Å². The van der Waals surface area contributed by atoms with Crippen LogP contribution >= 0.6 is 11.3 Å². The van der Waals surface area contributed by atoms with Gasteiger partial charge in [0.05, 0.1) is 18.9 Å². The monoisotopic (exact) mass is 351 g/mol. The third-order valence-electron chi connectivity index (χ3n) is 3.56. The molecule has 0 saturated heterocycles. The maximum absolute atomic E-state index is 5.70. The van der Waals surface area contributed by atoms with Crippen LogP contribution in [0.2, 0.25) is 0 Å². The summed E-state index contributed by atoms with van der Waals surface area (Å²) in [6.45, 7) is 5.16. The summed E-state index contributed by atoms with van der Waals surface area (Å²) in [4.78, 5) is 4.71. The van der Waals surface area contributed by atoms with E-state index in [-0.39, 0.29) is 0 Å². The molecule has 0 atom stereocenters. The van der Waals surface area contributed by atoms with Crippen molar-refractivity contribution in [1.29, 1.82) is 0 Å². The first-order valence-electron chi connectivity index (χ1n) is 8.38. The van der Waals surface area contributed by atoms with Gasteiger partial charge in [-0.3, -0.25) is 0 Å². The Labute approximate surface area is 152 Å². The zero-order chi connectivity index (χ0) is 17.5. The first-order chi connectivity index (χ1) is 12.3. The third kappa shape index (κ3) is 4.48. The molecule has 0 unspecified atom stereocenters. The van der Waals surface area contributed by atoms with Gasteiger partial charge in [0, 0.05) is 10.9 Å². The second kappa shape index (κ2) is 8.49. The molecule has 128 valence electrons. The molecule has 0 aliphatic rings. The second-order valence-electron chi connectivity index (χ2n) is 5.35. The van der Waals surface area contributed by atoms with E-state index in [9.17, 15) is 0 Å². The molecule has 1 aromatic heterocycles. The lowest BCUT2D eigenvalue weighted by Gasteiger charge is -2.11. The summed E-state index contributed by atoms with van der Waals surface area (Å²) in [6, 6.07) is 16.2. The smallest absolute Gasteiger partial charge is 0.161 e. The molecule has 4 heteroatoms. The van der Waals surface area contributed by atoms with Crippen LogP contribution in [0.3, 0.4) is 0 Å². The van der Waals surface area contributed by atoms with Crippen molar-refractivity contribution >= 4 is 23.5 Å². The molecule has 0 N–H and O–H groups in total. The van der Waals surface area contributed by atoms with E-state index in [0.29, 0.717) is 13.2 Å². The first-order valence-corrected chi connectivity index (χ1v) is 9.26. The Kier molecular flexibility index (Phi) is 5.86. The van der Waals surface area contributed by atoms with Crippen LogP contribution in [-0.4, -0.2) is 18.2 Å². The van der Waals surface area contributed by atoms with Gasteiger partial charge in [0.1, 0.15) is 5.01 Å². The molecule has 0 spiro atoms. The van der Waals surface area contributed by atoms with Gasteiger partial charge in [-0.1, -0.05) is 36.4 Å². The Hall–Kier alpha value is -2.59. The van der Waals surface area contributed by atoms with Crippen LogP contribution in [0.15, 0.2) is 53.9 Å². The van der Waals surface area contributed by atoms with Gasteiger partial charge < -0.3 is 9.47 Å². The molecule has 2 aromatic carbocycles. The van der Waals surface area contributed by atoms with Crippen LogP contribution in [0.5, 0.6) is 11.5 Å². The highest BCUT2D eigenvalue weighted by Gasteiger charge is 2.10. The largest absolute Gasteiger partial charge is 0.490 e. The van der Waals surface area contributed by atoms with Crippen LogP contribution < -0.4 is 9.47 Å². The molecule has 25 heavy (non-hydrogen) atoms. The topological polar surface area (TPSA) is 31.4 Å². The minimum atomic E-state index is 0.604. The van der Waals surface area contributed by atoms with Crippen LogP contribution in [0.25, 0.3) is 22.7 Å². The third-order valence-corrected chi connectivity index (χ3v) is 4.47. The molecule has 0 amide bonds. The minimum Gasteiger partial charge on any atom is -0.490 e. The molecule has 0 radical (unpaired) electrons. The highest BCUT2D eigenvalue weighted by atomic mass is 32.1. The van der Waals surface area contributed by atoms with Gasteiger partial charge in [-0.15, -0.1) is 11.3 Å². The Balaban J connectivity index is 1.82. The molecule has 3 nitrogen and oxygen atoms in total. The van der Waals surface area contributed by atoms with Crippen LogP contribution in [-0.2, 0) is 0 Å². The van der Waals surface area contributed by atoms with Crippen molar-refractivity contribution in [2.24, 2.45) is 0 Å². The van der Waals surface area contributed by atoms with E-state index in [1.54, 1.807) is 11.3 Å². The summed E-state index contributed by atoms with van der Waals surface area (Å²) in [5.41, 5.74) is 3.16. The molecule has 3 aromatic rings. The van der Waals surface area contributed by atoms with Gasteiger partial charge in [-0.2, -0.15) is 0 Å². The van der Waals surface area contributed by atoms with Crippen molar-refractivity contribution in [2.75, 3.05) is 13.2 Å². The van der Waals surface area contributed by atoms with Crippen LogP contribution in [0.1, 0.15) is 25.1 Å². The van der Waals surface area contributed by atoms with E-state index < -0.39 is 0 Å². The summed E-state index contributed by atoms with van der Waals surface area (Å²) in [7, 11) is 0. The molecule has 0 saturated carbocycles. The SMILES string of the molecule is CCOc1ccc(-c2nc(/C=C/c3ccccc3)cs2)cc1OCC. The lowest BCUT2D eigenvalue weighted by Crippen LogP contribution is -1.98.